The second-order valence-corrected chi connectivity index (χ2v) is 7.47. The van der Waals surface area contributed by atoms with Gasteiger partial charge in [0.25, 0.3) is 11.8 Å². The summed E-state index contributed by atoms with van der Waals surface area (Å²) in [6.07, 6.45) is 2.35. The third-order valence-electron chi connectivity index (χ3n) is 5.22. The van der Waals surface area contributed by atoms with Gasteiger partial charge >= 0.3 is 6.55 Å². The minimum atomic E-state index is -3.01. The van der Waals surface area contributed by atoms with Gasteiger partial charge in [0, 0.05) is 24.2 Å². The summed E-state index contributed by atoms with van der Waals surface area (Å²) in [6, 6.07) is 16.2. The number of hydrogen-bond donors (Lipinski definition) is 2. The molecule has 0 fully saturated rings. The van der Waals surface area contributed by atoms with Crippen molar-refractivity contribution in [1.29, 1.82) is 0 Å². The number of nitrogens with zero attached hydrogens (tertiary/aromatic N) is 3. The number of alkyl halides is 2. The molecular weight excluding hydrogens is 444 g/mol. The van der Waals surface area contributed by atoms with Crippen molar-refractivity contribution < 1.29 is 23.2 Å². The third-order valence-corrected chi connectivity index (χ3v) is 5.22. The van der Waals surface area contributed by atoms with Gasteiger partial charge in [0.05, 0.1) is 11.3 Å². The van der Waals surface area contributed by atoms with E-state index >= 15 is 0 Å². The van der Waals surface area contributed by atoms with Gasteiger partial charge in [-0.25, -0.2) is 4.68 Å². The smallest absolute Gasteiger partial charge is 0.333 e. The fourth-order valence-corrected chi connectivity index (χ4v) is 3.61. The zero-order valence-electron chi connectivity index (χ0n) is 17.7. The lowest BCUT2D eigenvalue weighted by molar-refractivity contribution is -0.137. The van der Waals surface area contributed by atoms with Gasteiger partial charge in [-0.15, -0.1) is 0 Å². The Hall–Kier alpha value is -4.47. The van der Waals surface area contributed by atoms with Gasteiger partial charge in [0.1, 0.15) is 11.7 Å². The first-order valence-corrected chi connectivity index (χ1v) is 10.2. The van der Waals surface area contributed by atoms with Crippen molar-refractivity contribution in [1.82, 2.24) is 20.1 Å². The molecule has 0 spiro atoms. The molecule has 2 amide bonds. The van der Waals surface area contributed by atoms with E-state index in [2.05, 4.69) is 15.4 Å². The van der Waals surface area contributed by atoms with Crippen LogP contribution in [0.4, 0.5) is 8.78 Å². The molecule has 2 aromatic heterocycles. The molecule has 8 nitrogen and oxygen atoms in total. The number of carbonyl (C=O) groups excluding carboxylic acids is 3. The standard InChI is InChI=1S/C24H19F2N5O3/c25-24(26)31-13-17(20(30-31)19-16-9-5-4-8-15(16)10-11-28-19)23(34)29-18(21(32)22(27)33)12-14-6-2-1-3-7-14/h1-11,13,18,24H,12H2,(H2,27,33)(H,29,34). The zero-order chi connectivity index (χ0) is 24.2. The Balaban J connectivity index is 1.74. The average molecular weight is 463 g/mol. The fraction of sp³-hybridized carbons (Fsp3) is 0.125. The summed E-state index contributed by atoms with van der Waals surface area (Å²) < 4.78 is 27.3. The average Bonchev–Trinajstić information content (AvgIpc) is 3.29. The molecule has 172 valence electrons. The van der Waals surface area contributed by atoms with Crippen LogP contribution in [0.1, 0.15) is 22.5 Å². The summed E-state index contributed by atoms with van der Waals surface area (Å²) in [5.74, 6) is -3.10. The highest BCUT2D eigenvalue weighted by Gasteiger charge is 2.29. The van der Waals surface area contributed by atoms with Gasteiger partial charge in [-0.1, -0.05) is 54.6 Å². The van der Waals surface area contributed by atoms with Crippen molar-refractivity contribution in [3.05, 3.63) is 84.2 Å². The predicted molar refractivity (Wildman–Crippen MR) is 120 cm³/mol. The lowest BCUT2D eigenvalue weighted by Gasteiger charge is -2.16. The van der Waals surface area contributed by atoms with Gasteiger partial charge in [-0.2, -0.15) is 13.9 Å². The number of amides is 2. The summed E-state index contributed by atoms with van der Waals surface area (Å²) in [6.45, 7) is -3.01. The summed E-state index contributed by atoms with van der Waals surface area (Å²) in [7, 11) is 0. The molecule has 0 aliphatic rings. The first kappa shape index (κ1) is 22.7. The maximum Gasteiger partial charge on any atom is 0.333 e. The monoisotopic (exact) mass is 463 g/mol. The Morgan fingerprint density at radius 1 is 0.971 bits per heavy atom. The van der Waals surface area contributed by atoms with E-state index in [1.165, 1.54) is 6.20 Å². The minimum absolute atomic E-state index is 0.0147. The molecule has 34 heavy (non-hydrogen) atoms. The Kier molecular flexibility index (Phi) is 6.39. The Morgan fingerprint density at radius 2 is 1.68 bits per heavy atom. The normalized spacial score (nSPS) is 12.0. The number of hydrogen-bond acceptors (Lipinski definition) is 5. The van der Waals surface area contributed by atoms with Gasteiger partial charge in [-0.3, -0.25) is 19.4 Å². The van der Waals surface area contributed by atoms with Crippen LogP contribution >= 0.6 is 0 Å². The highest BCUT2D eigenvalue weighted by molar-refractivity contribution is 6.38. The van der Waals surface area contributed by atoms with Crippen LogP contribution in [0, 0.1) is 0 Å². The molecule has 0 aliphatic heterocycles. The topological polar surface area (TPSA) is 120 Å². The summed E-state index contributed by atoms with van der Waals surface area (Å²) in [5.41, 5.74) is 5.75. The molecule has 3 N–H and O–H groups in total. The predicted octanol–water partition coefficient (Wildman–Crippen LogP) is 2.89. The zero-order valence-corrected chi connectivity index (χ0v) is 17.7. The number of nitrogens with two attached hydrogens (primary N) is 1. The van der Waals surface area contributed by atoms with Crippen molar-refractivity contribution in [2.24, 2.45) is 5.73 Å². The molecule has 1 unspecified atom stereocenters. The number of ketones is 1. The molecule has 0 aliphatic carbocycles. The van der Waals surface area contributed by atoms with Crippen LogP contribution < -0.4 is 11.1 Å². The van der Waals surface area contributed by atoms with Crippen molar-refractivity contribution in [2.75, 3.05) is 0 Å². The molecule has 0 bridgehead atoms. The van der Waals surface area contributed by atoms with E-state index in [1.807, 2.05) is 6.07 Å². The number of nitrogens with one attached hydrogen (secondary N) is 1. The van der Waals surface area contributed by atoms with Crippen LogP contribution in [0.25, 0.3) is 22.2 Å². The van der Waals surface area contributed by atoms with Crippen LogP contribution in [-0.2, 0) is 16.0 Å². The highest BCUT2D eigenvalue weighted by atomic mass is 19.3. The maximum absolute atomic E-state index is 13.5. The number of pyridine rings is 1. The molecule has 2 aromatic carbocycles. The van der Waals surface area contributed by atoms with E-state index in [9.17, 15) is 23.2 Å². The number of fused-ring (bicyclic) bond motifs is 1. The lowest BCUT2D eigenvalue weighted by atomic mass is 10.0. The van der Waals surface area contributed by atoms with E-state index in [0.717, 1.165) is 11.6 Å². The van der Waals surface area contributed by atoms with Gasteiger partial charge in [-0.05, 0) is 17.0 Å². The molecule has 0 saturated carbocycles. The molecule has 4 aromatic rings. The second kappa shape index (κ2) is 9.57. The van der Waals surface area contributed by atoms with Crippen LogP contribution in [0.15, 0.2) is 73.1 Å². The number of benzene rings is 2. The second-order valence-electron chi connectivity index (χ2n) is 7.47. The first-order valence-electron chi connectivity index (χ1n) is 10.2. The largest absolute Gasteiger partial charge is 0.363 e. The van der Waals surface area contributed by atoms with Crippen molar-refractivity contribution in [3.63, 3.8) is 0 Å². The van der Waals surface area contributed by atoms with Crippen molar-refractivity contribution in [3.8, 4) is 11.4 Å². The molecule has 1 atom stereocenters. The van der Waals surface area contributed by atoms with Crippen LogP contribution in [0.5, 0.6) is 0 Å². The third kappa shape index (κ3) is 4.65. The minimum Gasteiger partial charge on any atom is -0.363 e. The van der Waals surface area contributed by atoms with E-state index in [4.69, 9.17) is 5.73 Å². The van der Waals surface area contributed by atoms with E-state index in [1.54, 1.807) is 54.6 Å². The number of rotatable bonds is 8. The van der Waals surface area contributed by atoms with Gasteiger partial charge in [0.2, 0.25) is 5.78 Å². The molecule has 2 heterocycles. The number of Topliss-reactive ketones (excluding diaryl/α,β-unsaturated/α-hetero) is 1. The Labute approximate surface area is 192 Å². The summed E-state index contributed by atoms with van der Waals surface area (Å²) in [5, 5.41) is 7.73. The SMILES string of the molecule is NC(=O)C(=O)C(Cc1ccccc1)NC(=O)c1cn(C(F)F)nc1-c1nccc2ccccc12. The quantitative estimate of drug-likeness (QED) is 0.390. The maximum atomic E-state index is 13.5. The highest BCUT2D eigenvalue weighted by Crippen LogP contribution is 2.29. The van der Waals surface area contributed by atoms with Crippen molar-refractivity contribution in [2.45, 2.75) is 19.0 Å². The molecule has 0 radical (unpaired) electrons. The number of aromatic nitrogens is 3. The fourth-order valence-electron chi connectivity index (χ4n) is 3.61. The van der Waals surface area contributed by atoms with Crippen LogP contribution in [0.3, 0.4) is 0 Å². The van der Waals surface area contributed by atoms with Crippen LogP contribution in [0.2, 0.25) is 0 Å². The summed E-state index contributed by atoms with van der Waals surface area (Å²) in [4.78, 5) is 41.4. The van der Waals surface area contributed by atoms with E-state index < -0.39 is 30.2 Å². The van der Waals surface area contributed by atoms with E-state index in [-0.39, 0.29) is 23.4 Å². The number of primary amides is 1. The number of carbonyl (C=O) groups is 3. The Bertz CT molecular complexity index is 1370. The molecule has 4 rings (SSSR count). The molecule has 0 saturated heterocycles. The molecule has 10 heteroatoms. The van der Waals surface area contributed by atoms with E-state index in [0.29, 0.717) is 15.6 Å². The van der Waals surface area contributed by atoms with Gasteiger partial charge < -0.3 is 11.1 Å². The lowest BCUT2D eigenvalue weighted by Crippen LogP contribution is -2.47. The molecular formula is C24H19F2N5O3. The number of halogens is 2. The first-order chi connectivity index (χ1) is 16.3. The van der Waals surface area contributed by atoms with Gasteiger partial charge in [0.15, 0.2) is 0 Å². The summed E-state index contributed by atoms with van der Waals surface area (Å²) >= 11 is 0. The van der Waals surface area contributed by atoms with Crippen LogP contribution in [-0.4, -0.2) is 38.4 Å². The Morgan fingerprint density at radius 3 is 2.38 bits per heavy atom. The van der Waals surface area contributed by atoms with Crippen molar-refractivity contribution >= 4 is 28.4 Å².